The maximum Gasteiger partial charge on any atom is 0.125 e. The van der Waals surface area contributed by atoms with Crippen molar-refractivity contribution in [1.29, 1.82) is 0 Å². The van der Waals surface area contributed by atoms with Crippen molar-refractivity contribution in [3.8, 4) is 0 Å². The Hall–Kier alpha value is -1.29. The fourth-order valence-electron chi connectivity index (χ4n) is 2.55. The maximum absolute atomic E-state index is 6.07. The zero-order chi connectivity index (χ0) is 12.0. The Morgan fingerprint density at radius 2 is 2.29 bits per heavy atom. The molecule has 0 bridgehead atoms. The minimum atomic E-state index is 0.288. The van der Waals surface area contributed by atoms with Crippen molar-refractivity contribution >= 4 is 21.7 Å². The van der Waals surface area contributed by atoms with Crippen LogP contribution in [0.25, 0.3) is 0 Å². The first-order chi connectivity index (χ1) is 8.18. The molecule has 1 aliphatic rings. The van der Waals surface area contributed by atoms with Gasteiger partial charge >= 0.3 is 0 Å². The van der Waals surface area contributed by atoms with Crippen molar-refractivity contribution in [3.63, 3.8) is 0 Å². The number of aromatic nitrogens is 2. The number of halogens is 1. The minimum absolute atomic E-state index is 0.288. The van der Waals surface area contributed by atoms with Gasteiger partial charge in [0.2, 0.25) is 0 Å². The Kier molecular flexibility index (Phi) is 2.47. The van der Waals surface area contributed by atoms with E-state index in [2.05, 4.69) is 39.2 Å². The summed E-state index contributed by atoms with van der Waals surface area (Å²) >= 11 is 3.61. The number of anilines is 1. The van der Waals surface area contributed by atoms with Crippen molar-refractivity contribution < 1.29 is 0 Å². The average molecular weight is 292 g/mol. The maximum atomic E-state index is 6.07. The summed E-state index contributed by atoms with van der Waals surface area (Å²) in [4.78, 5) is 0. The van der Waals surface area contributed by atoms with E-state index in [9.17, 15) is 0 Å². The van der Waals surface area contributed by atoms with Gasteiger partial charge in [0, 0.05) is 10.0 Å². The van der Waals surface area contributed by atoms with Gasteiger partial charge in [-0.1, -0.05) is 28.1 Å². The summed E-state index contributed by atoms with van der Waals surface area (Å²) in [5.74, 6) is 0.780. The van der Waals surface area contributed by atoms with Gasteiger partial charge in [-0.3, -0.25) is 0 Å². The molecular formula is C13H14BrN3. The van der Waals surface area contributed by atoms with Crippen molar-refractivity contribution in [2.75, 3.05) is 5.73 Å². The second-order valence-electron chi connectivity index (χ2n) is 4.52. The van der Waals surface area contributed by atoms with Gasteiger partial charge in [0.1, 0.15) is 5.82 Å². The Bertz CT molecular complexity index is 574. The standard InChI is InChI=1S/C13H14BrN3/c1-8-7-16-17(13(8)15)12-6-5-9-10(12)3-2-4-11(9)14/h2-4,7,12H,5-6,15H2,1H3. The fraction of sp³-hybridized carbons (Fsp3) is 0.308. The van der Waals surface area contributed by atoms with Gasteiger partial charge in [0.25, 0.3) is 0 Å². The van der Waals surface area contributed by atoms with Crippen LogP contribution in [0.4, 0.5) is 5.82 Å². The molecular weight excluding hydrogens is 278 g/mol. The molecule has 3 rings (SSSR count). The van der Waals surface area contributed by atoms with E-state index >= 15 is 0 Å². The molecule has 2 aromatic rings. The van der Waals surface area contributed by atoms with Crippen LogP contribution in [0.15, 0.2) is 28.9 Å². The lowest BCUT2D eigenvalue weighted by Crippen LogP contribution is -2.12. The van der Waals surface area contributed by atoms with Crippen LogP contribution < -0.4 is 5.73 Å². The predicted molar refractivity (Wildman–Crippen MR) is 72.0 cm³/mol. The second kappa shape index (κ2) is 3.88. The van der Waals surface area contributed by atoms with Crippen LogP contribution in [0.1, 0.15) is 29.2 Å². The molecule has 1 heterocycles. The third kappa shape index (κ3) is 1.59. The number of nitrogens with zero attached hydrogens (tertiary/aromatic N) is 2. The number of nitrogens with two attached hydrogens (primary N) is 1. The van der Waals surface area contributed by atoms with Crippen LogP contribution in [0.5, 0.6) is 0 Å². The number of fused-ring (bicyclic) bond motifs is 1. The summed E-state index contributed by atoms with van der Waals surface area (Å²) in [5, 5.41) is 4.40. The Morgan fingerprint density at radius 1 is 1.47 bits per heavy atom. The lowest BCUT2D eigenvalue weighted by atomic mass is 10.1. The summed E-state index contributed by atoms with van der Waals surface area (Å²) < 4.78 is 3.15. The van der Waals surface area contributed by atoms with Gasteiger partial charge < -0.3 is 5.73 Å². The van der Waals surface area contributed by atoms with Crippen LogP contribution in [-0.2, 0) is 6.42 Å². The van der Waals surface area contributed by atoms with Gasteiger partial charge in [-0.2, -0.15) is 5.10 Å². The van der Waals surface area contributed by atoms with Crippen molar-refractivity contribution in [2.45, 2.75) is 25.8 Å². The highest BCUT2D eigenvalue weighted by Gasteiger charge is 2.27. The highest BCUT2D eigenvalue weighted by molar-refractivity contribution is 9.10. The van der Waals surface area contributed by atoms with Crippen LogP contribution in [0, 0.1) is 6.92 Å². The van der Waals surface area contributed by atoms with E-state index in [0.29, 0.717) is 0 Å². The second-order valence-corrected chi connectivity index (χ2v) is 5.37. The molecule has 0 radical (unpaired) electrons. The zero-order valence-corrected chi connectivity index (χ0v) is 11.2. The van der Waals surface area contributed by atoms with Crippen molar-refractivity contribution in [2.24, 2.45) is 0 Å². The monoisotopic (exact) mass is 291 g/mol. The Morgan fingerprint density at radius 3 is 3.00 bits per heavy atom. The van der Waals surface area contributed by atoms with Crippen LogP contribution in [-0.4, -0.2) is 9.78 Å². The van der Waals surface area contributed by atoms with E-state index in [1.165, 1.54) is 15.6 Å². The summed E-state index contributed by atoms with van der Waals surface area (Å²) in [6.45, 7) is 2.00. The van der Waals surface area contributed by atoms with Gasteiger partial charge in [0.15, 0.2) is 0 Å². The molecule has 0 amide bonds. The molecule has 0 saturated carbocycles. The molecule has 0 saturated heterocycles. The van der Waals surface area contributed by atoms with Crippen LogP contribution >= 0.6 is 15.9 Å². The first-order valence-corrected chi connectivity index (χ1v) is 6.54. The molecule has 1 aliphatic carbocycles. The van der Waals surface area contributed by atoms with E-state index in [4.69, 9.17) is 5.73 Å². The average Bonchev–Trinajstić information content (AvgIpc) is 2.86. The number of nitrogen functional groups attached to an aromatic ring is 1. The van der Waals surface area contributed by atoms with E-state index < -0.39 is 0 Å². The van der Waals surface area contributed by atoms with E-state index in [1.54, 1.807) is 0 Å². The highest BCUT2D eigenvalue weighted by atomic mass is 79.9. The first-order valence-electron chi connectivity index (χ1n) is 5.75. The molecule has 88 valence electrons. The third-order valence-electron chi connectivity index (χ3n) is 3.50. The topological polar surface area (TPSA) is 43.8 Å². The minimum Gasteiger partial charge on any atom is -0.384 e. The molecule has 0 spiro atoms. The molecule has 1 aromatic carbocycles. The molecule has 4 heteroatoms. The van der Waals surface area contributed by atoms with Gasteiger partial charge in [-0.15, -0.1) is 0 Å². The van der Waals surface area contributed by atoms with E-state index in [0.717, 1.165) is 24.2 Å². The van der Waals surface area contributed by atoms with Crippen molar-refractivity contribution in [3.05, 3.63) is 45.6 Å². The van der Waals surface area contributed by atoms with Crippen LogP contribution in [0.3, 0.4) is 0 Å². The lowest BCUT2D eigenvalue weighted by molar-refractivity contribution is 0.527. The molecule has 0 aliphatic heterocycles. The summed E-state index contributed by atoms with van der Waals surface area (Å²) in [5.41, 5.74) is 9.85. The van der Waals surface area contributed by atoms with Gasteiger partial charge in [-0.05, 0) is 37.0 Å². The number of aryl methyl sites for hydroxylation is 1. The Balaban J connectivity index is 2.10. The summed E-state index contributed by atoms with van der Waals surface area (Å²) in [6, 6.07) is 6.64. The van der Waals surface area contributed by atoms with Crippen LogP contribution in [0.2, 0.25) is 0 Å². The van der Waals surface area contributed by atoms with Crippen molar-refractivity contribution in [1.82, 2.24) is 9.78 Å². The van der Waals surface area contributed by atoms with E-state index in [-0.39, 0.29) is 6.04 Å². The SMILES string of the molecule is Cc1cnn(C2CCc3c(Br)cccc32)c1N. The predicted octanol–water partition coefficient (Wildman–Crippen LogP) is 3.07. The quantitative estimate of drug-likeness (QED) is 0.878. The molecule has 3 nitrogen and oxygen atoms in total. The molecule has 17 heavy (non-hydrogen) atoms. The number of benzene rings is 1. The number of hydrogen-bond donors (Lipinski definition) is 1. The lowest BCUT2D eigenvalue weighted by Gasteiger charge is -2.14. The normalized spacial score (nSPS) is 18.4. The summed E-state index contributed by atoms with van der Waals surface area (Å²) in [6.07, 6.45) is 3.99. The smallest absolute Gasteiger partial charge is 0.125 e. The molecule has 2 N–H and O–H groups in total. The number of hydrogen-bond acceptors (Lipinski definition) is 2. The molecule has 1 aromatic heterocycles. The molecule has 0 fully saturated rings. The fourth-order valence-corrected chi connectivity index (χ4v) is 3.13. The van der Waals surface area contributed by atoms with Gasteiger partial charge in [-0.25, -0.2) is 4.68 Å². The zero-order valence-electron chi connectivity index (χ0n) is 9.65. The largest absolute Gasteiger partial charge is 0.384 e. The molecule has 1 atom stereocenters. The first kappa shape index (κ1) is 10.8. The Labute approximate surface area is 109 Å². The summed E-state index contributed by atoms with van der Waals surface area (Å²) in [7, 11) is 0. The van der Waals surface area contributed by atoms with Gasteiger partial charge in [0.05, 0.1) is 12.2 Å². The highest BCUT2D eigenvalue weighted by Crippen LogP contribution is 2.38. The third-order valence-corrected chi connectivity index (χ3v) is 4.25. The molecule has 1 unspecified atom stereocenters. The van der Waals surface area contributed by atoms with E-state index in [1.807, 2.05) is 17.8 Å². The number of rotatable bonds is 1.